The Morgan fingerprint density at radius 2 is 1.55 bits per heavy atom. The van der Waals surface area contributed by atoms with Gasteiger partial charge >= 0.3 is 0 Å². The molecule has 0 aliphatic heterocycles. The predicted molar refractivity (Wildman–Crippen MR) is 162 cm³/mol. The fourth-order valence-corrected chi connectivity index (χ4v) is 5.87. The van der Waals surface area contributed by atoms with Crippen LogP contribution < -0.4 is 9.62 Å². The van der Waals surface area contributed by atoms with E-state index in [4.69, 9.17) is 34.8 Å². The Balaban J connectivity index is 2.06. The van der Waals surface area contributed by atoms with E-state index in [1.54, 1.807) is 49.4 Å². The third-order valence-corrected chi connectivity index (χ3v) is 9.36. The number of hydrogen-bond acceptors (Lipinski definition) is 4. The fraction of sp³-hybridized carbons (Fsp3) is 0.310. The molecule has 0 saturated heterocycles. The molecule has 0 heterocycles. The second-order valence-corrected chi connectivity index (χ2v) is 12.6. The third kappa shape index (κ3) is 7.69. The summed E-state index contributed by atoms with van der Waals surface area (Å²) in [6.07, 6.45) is 0.708. The summed E-state index contributed by atoms with van der Waals surface area (Å²) in [5.74, 6) is -0.959. The molecule has 214 valence electrons. The van der Waals surface area contributed by atoms with Crippen molar-refractivity contribution >= 4 is 62.3 Å². The van der Waals surface area contributed by atoms with E-state index in [-0.39, 0.29) is 39.1 Å². The van der Waals surface area contributed by atoms with Crippen LogP contribution in [0.1, 0.15) is 38.3 Å². The van der Waals surface area contributed by atoms with Gasteiger partial charge in [0.15, 0.2) is 0 Å². The van der Waals surface area contributed by atoms with E-state index in [2.05, 4.69) is 5.32 Å². The molecule has 1 N–H and O–H groups in total. The van der Waals surface area contributed by atoms with Gasteiger partial charge in [0.25, 0.3) is 10.0 Å². The van der Waals surface area contributed by atoms with Gasteiger partial charge in [-0.3, -0.25) is 13.9 Å². The highest BCUT2D eigenvalue weighted by molar-refractivity contribution is 7.92. The second kappa shape index (κ2) is 13.7. The molecule has 0 saturated carbocycles. The van der Waals surface area contributed by atoms with Gasteiger partial charge in [-0.25, -0.2) is 8.42 Å². The van der Waals surface area contributed by atoms with Crippen LogP contribution in [0.2, 0.25) is 15.1 Å². The number of halogens is 3. The summed E-state index contributed by atoms with van der Waals surface area (Å²) >= 11 is 18.7. The van der Waals surface area contributed by atoms with Crippen LogP contribution in [0.4, 0.5) is 5.69 Å². The maximum absolute atomic E-state index is 14.0. The van der Waals surface area contributed by atoms with Gasteiger partial charge in [-0.05, 0) is 69.2 Å². The van der Waals surface area contributed by atoms with Gasteiger partial charge in [0.05, 0.1) is 20.6 Å². The highest BCUT2D eigenvalue weighted by atomic mass is 35.5. The molecule has 40 heavy (non-hydrogen) atoms. The van der Waals surface area contributed by atoms with Gasteiger partial charge in [0.1, 0.15) is 12.6 Å². The molecule has 0 aliphatic carbocycles. The Labute approximate surface area is 251 Å². The maximum atomic E-state index is 14.0. The van der Waals surface area contributed by atoms with Crippen LogP contribution in [0, 0.1) is 6.92 Å². The monoisotopic (exact) mass is 623 g/mol. The number of carbonyl (C=O) groups excluding carboxylic acids is 2. The van der Waals surface area contributed by atoms with E-state index in [1.807, 2.05) is 20.8 Å². The summed E-state index contributed by atoms with van der Waals surface area (Å²) in [6.45, 7) is 6.68. The van der Waals surface area contributed by atoms with Crippen molar-refractivity contribution in [3.05, 3.63) is 92.9 Å². The molecule has 0 spiro atoms. The lowest BCUT2D eigenvalue weighted by Gasteiger charge is -2.32. The van der Waals surface area contributed by atoms with Crippen LogP contribution in [0.5, 0.6) is 0 Å². The van der Waals surface area contributed by atoms with Gasteiger partial charge in [-0.15, -0.1) is 0 Å². The number of benzene rings is 3. The largest absolute Gasteiger partial charge is 0.352 e. The summed E-state index contributed by atoms with van der Waals surface area (Å²) in [5, 5.41) is 3.54. The summed E-state index contributed by atoms with van der Waals surface area (Å²) in [6, 6.07) is 16.7. The predicted octanol–water partition coefficient (Wildman–Crippen LogP) is 6.48. The number of nitrogens with zero attached hydrogens (tertiary/aromatic N) is 2. The number of nitrogens with one attached hydrogen (secondary N) is 1. The molecule has 2 amide bonds. The molecule has 2 atom stereocenters. The molecule has 7 nitrogen and oxygen atoms in total. The first kappa shape index (κ1) is 31.7. The molecule has 11 heteroatoms. The molecule has 0 aliphatic rings. The summed E-state index contributed by atoms with van der Waals surface area (Å²) in [7, 11) is -4.26. The van der Waals surface area contributed by atoms with Crippen LogP contribution in [0.3, 0.4) is 0 Å². The first-order valence-electron chi connectivity index (χ1n) is 12.7. The fourth-order valence-electron chi connectivity index (χ4n) is 3.87. The van der Waals surface area contributed by atoms with Crippen molar-refractivity contribution in [1.82, 2.24) is 10.2 Å². The SMILES string of the molecule is CC[C@@H](C)NC(=O)[C@@H](C)N(Cc1ccc(Cl)cc1)C(=O)CN(c1cccc(Cl)c1Cl)S(=O)(=O)c1ccc(C)cc1. The first-order chi connectivity index (χ1) is 18.8. The van der Waals surface area contributed by atoms with Crippen molar-refractivity contribution in [2.45, 2.75) is 57.6 Å². The van der Waals surface area contributed by atoms with Crippen molar-refractivity contribution in [3.63, 3.8) is 0 Å². The van der Waals surface area contributed by atoms with E-state index in [9.17, 15) is 18.0 Å². The first-order valence-corrected chi connectivity index (χ1v) is 15.3. The second-order valence-electron chi connectivity index (χ2n) is 9.54. The lowest BCUT2D eigenvalue weighted by molar-refractivity contribution is -0.139. The molecule has 3 aromatic rings. The van der Waals surface area contributed by atoms with Crippen LogP contribution in [0.25, 0.3) is 0 Å². The summed E-state index contributed by atoms with van der Waals surface area (Å²) in [5.41, 5.74) is 1.64. The van der Waals surface area contributed by atoms with E-state index in [0.29, 0.717) is 11.4 Å². The van der Waals surface area contributed by atoms with E-state index in [1.165, 1.54) is 29.2 Å². The van der Waals surface area contributed by atoms with Crippen molar-refractivity contribution in [3.8, 4) is 0 Å². The number of amides is 2. The van der Waals surface area contributed by atoms with Crippen LogP contribution in [-0.4, -0.2) is 43.8 Å². The molecule has 0 bridgehead atoms. The standard InChI is InChI=1S/C29H32Cl3N3O4S/c1-5-20(3)33-29(37)21(4)34(17-22-11-13-23(30)14-12-22)27(36)18-35(26-8-6-7-25(31)28(26)32)40(38,39)24-15-9-19(2)10-16-24/h6-16,20-21H,5,17-18H2,1-4H3,(H,33,37)/t20-,21-/m1/s1. The quantitative estimate of drug-likeness (QED) is 0.265. The third-order valence-electron chi connectivity index (χ3n) is 6.52. The topological polar surface area (TPSA) is 86.8 Å². The number of sulfonamides is 1. The highest BCUT2D eigenvalue weighted by Crippen LogP contribution is 2.35. The number of aryl methyl sites for hydroxylation is 1. The molecule has 3 aromatic carbocycles. The summed E-state index contributed by atoms with van der Waals surface area (Å²) < 4.78 is 28.8. The highest BCUT2D eigenvalue weighted by Gasteiger charge is 2.34. The Morgan fingerprint density at radius 3 is 2.15 bits per heavy atom. The minimum atomic E-state index is -4.26. The van der Waals surface area contributed by atoms with E-state index in [0.717, 1.165) is 15.4 Å². The smallest absolute Gasteiger partial charge is 0.264 e. The lowest BCUT2D eigenvalue weighted by atomic mass is 10.1. The number of anilines is 1. The van der Waals surface area contributed by atoms with Crippen LogP contribution >= 0.6 is 34.8 Å². The average Bonchev–Trinajstić information content (AvgIpc) is 2.92. The molecular weight excluding hydrogens is 593 g/mol. The Morgan fingerprint density at radius 1 is 0.925 bits per heavy atom. The number of carbonyl (C=O) groups is 2. The molecular formula is C29H32Cl3N3O4S. The van der Waals surface area contributed by atoms with Crippen molar-refractivity contribution in [1.29, 1.82) is 0 Å². The minimum absolute atomic E-state index is 0.0144. The average molecular weight is 625 g/mol. The summed E-state index contributed by atoms with van der Waals surface area (Å²) in [4.78, 5) is 28.4. The zero-order valence-electron chi connectivity index (χ0n) is 22.7. The Hall–Kier alpha value is -2.78. The number of hydrogen-bond donors (Lipinski definition) is 1. The molecule has 0 aromatic heterocycles. The normalized spacial score (nSPS) is 12.9. The van der Waals surface area contributed by atoms with Gasteiger partial charge in [-0.1, -0.05) is 77.6 Å². The van der Waals surface area contributed by atoms with Crippen molar-refractivity contribution < 1.29 is 18.0 Å². The van der Waals surface area contributed by atoms with Gasteiger partial charge in [0, 0.05) is 17.6 Å². The van der Waals surface area contributed by atoms with Gasteiger partial charge in [-0.2, -0.15) is 0 Å². The van der Waals surface area contributed by atoms with Crippen molar-refractivity contribution in [2.75, 3.05) is 10.8 Å². The van der Waals surface area contributed by atoms with Crippen LogP contribution in [-0.2, 0) is 26.2 Å². The minimum Gasteiger partial charge on any atom is -0.352 e. The zero-order chi connectivity index (χ0) is 29.6. The van der Waals surface area contributed by atoms with Gasteiger partial charge < -0.3 is 10.2 Å². The van der Waals surface area contributed by atoms with E-state index >= 15 is 0 Å². The molecule has 0 fully saturated rings. The molecule has 3 rings (SSSR count). The zero-order valence-corrected chi connectivity index (χ0v) is 25.8. The molecule has 0 unspecified atom stereocenters. The Bertz CT molecular complexity index is 1450. The van der Waals surface area contributed by atoms with Crippen LogP contribution in [0.15, 0.2) is 71.6 Å². The number of rotatable bonds is 11. The maximum Gasteiger partial charge on any atom is 0.264 e. The van der Waals surface area contributed by atoms with E-state index < -0.39 is 28.5 Å². The Kier molecular flexibility index (Phi) is 10.9. The molecule has 0 radical (unpaired) electrons. The lowest BCUT2D eigenvalue weighted by Crippen LogP contribution is -2.52. The van der Waals surface area contributed by atoms with Crippen molar-refractivity contribution in [2.24, 2.45) is 0 Å². The van der Waals surface area contributed by atoms with Gasteiger partial charge in [0.2, 0.25) is 11.8 Å².